The van der Waals surface area contributed by atoms with Crippen LogP contribution >= 0.6 is 11.8 Å². The second-order valence-electron chi connectivity index (χ2n) is 7.75. The maximum Gasteiger partial charge on any atom is 0.191 e. The van der Waals surface area contributed by atoms with Crippen LogP contribution in [0.15, 0.2) is 4.99 Å². The van der Waals surface area contributed by atoms with Gasteiger partial charge in [0.2, 0.25) is 0 Å². The van der Waals surface area contributed by atoms with Crippen molar-refractivity contribution in [3.8, 4) is 0 Å². The summed E-state index contributed by atoms with van der Waals surface area (Å²) in [7, 11) is 1.90. The molecule has 0 atom stereocenters. The van der Waals surface area contributed by atoms with Gasteiger partial charge in [0.25, 0.3) is 0 Å². The molecule has 6 heteroatoms. The maximum absolute atomic E-state index is 5.59. The summed E-state index contributed by atoms with van der Waals surface area (Å²) in [5.74, 6) is 4.43. The molecule has 1 saturated carbocycles. The lowest BCUT2D eigenvalue weighted by Crippen LogP contribution is -2.60. The number of thioether (sulfide) groups is 1. The van der Waals surface area contributed by atoms with Crippen molar-refractivity contribution < 1.29 is 4.74 Å². The Bertz CT molecular complexity index is 414. The van der Waals surface area contributed by atoms with Crippen molar-refractivity contribution in [1.82, 2.24) is 15.5 Å². The van der Waals surface area contributed by atoms with E-state index in [1.807, 2.05) is 7.05 Å². The summed E-state index contributed by atoms with van der Waals surface area (Å²) in [5, 5.41) is 7.25. The Kier molecular flexibility index (Phi) is 7.74. The number of ether oxygens (including phenoxy) is 1. The summed E-state index contributed by atoms with van der Waals surface area (Å²) in [5.41, 5.74) is 0.293. The van der Waals surface area contributed by atoms with Crippen molar-refractivity contribution in [3.63, 3.8) is 0 Å². The first kappa shape index (κ1) is 19.3. The first-order chi connectivity index (χ1) is 12.3. The number of rotatable bonds is 5. The van der Waals surface area contributed by atoms with Gasteiger partial charge >= 0.3 is 0 Å². The highest BCUT2D eigenvalue weighted by Crippen LogP contribution is 2.33. The van der Waals surface area contributed by atoms with E-state index in [1.54, 1.807) is 0 Å². The smallest absolute Gasteiger partial charge is 0.191 e. The van der Waals surface area contributed by atoms with Crippen molar-refractivity contribution in [2.75, 3.05) is 57.9 Å². The van der Waals surface area contributed by atoms with Crippen LogP contribution in [0.3, 0.4) is 0 Å². The summed E-state index contributed by atoms with van der Waals surface area (Å²) >= 11 is 2.09. The lowest BCUT2D eigenvalue weighted by atomic mass is 9.80. The molecule has 25 heavy (non-hydrogen) atoms. The van der Waals surface area contributed by atoms with E-state index in [4.69, 9.17) is 4.74 Å². The van der Waals surface area contributed by atoms with Crippen LogP contribution in [0.25, 0.3) is 0 Å². The van der Waals surface area contributed by atoms with Gasteiger partial charge in [-0.05, 0) is 43.1 Å². The molecule has 0 unspecified atom stereocenters. The molecule has 0 bridgehead atoms. The monoisotopic (exact) mass is 368 g/mol. The minimum atomic E-state index is 0.293. The Morgan fingerprint density at radius 3 is 2.52 bits per heavy atom. The molecule has 0 amide bonds. The summed E-state index contributed by atoms with van der Waals surface area (Å²) in [6.07, 6.45) is 9.38. The molecule has 1 aliphatic carbocycles. The van der Waals surface area contributed by atoms with E-state index in [0.717, 1.165) is 51.3 Å². The second-order valence-corrected chi connectivity index (χ2v) is 8.97. The minimum Gasteiger partial charge on any atom is -0.379 e. The molecule has 0 aromatic heterocycles. The first-order valence-corrected chi connectivity index (χ1v) is 11.3. The number of nitrogens with one attached hydrogen (secondary N) is 2. The third kappa shape index (κ3) is 5.51. The van der Waals surface area contributed by atoms with Crippen LogP contribution in [0, 0.1) is 5.92 Å². The van der Waals surface area contributed by atoms with Gasteiger partial charge in [-0.25, -0.2) is 0 Å². The summed E-state index contributed by atoms with van der Waals surface area (Å²) < 4.78 is 5.59. The summed E-state index contributed by atoms with van der Waals surface area (Å²) in [4.78, 5) is 7.17. The number of morpholine rings is 1. The van der Waals surface area contributed by atoms with Crippen molar-refractivity contribution in [3.05, 3.63) is 0 Å². The molecule has 2 saturated heterocycles. The molecule has 0 aromatic rings. The fourth-order valence-electron chi connectivity index (χ4n) is 4.51. The number of aliphatic imine (C=N–C) groups is 1. The zero-order valence-electron chi connectivity index (χ0n) is 15.9. The maximum atomic E-state index is 5.59. The van der Waals surface area contributed by atoms with Crippen molar-refractivity contribution >= 4 is 17.7 Å². The predicted molar refractivity (Wildman–Crippen MR) is 108 cm³/mol. The first-order valence-electron chi connectivity index (χ1n) is 10.2. The van der Waals surface area contributed by atoms with E-state index in [0.29, 0.717) is 5.54 Å². The van der Waals surface area contributed by atoms with Crippen molar-refractivity contribution in [2.24, 2.45) is 10.9 Å². The molecule has 3 rings (SSSR count). The minimum absolute atomic E-state index is 0.293. The van der Waals surface area contributed by atoms with E-state index in [2.05, 4.69) is 32.3 Å². The molecule has 0 aromatic carbocycles. The Labute approximate surface area is 157 Å². The molecule has 0 radical (unpaired) electrons. The quantitative estimate of drug-likeness (QED) is 0.576. The van der Waals surface area contributed by atoms with E-state index in [-0.39, 0.29) is 0 Å². The Balaban J connectivity index is 1.51. The number of hydrogen-bond donors (Lipinski definition) is 2. The van der Waals surface area contributed by atoms with Gasteiger partial charge in [-0.2, -0.15) is 11.8 Å². The fourth-order valence-corrected chi connectivity index (χ4v) is 5.72. The molecule has 2 aliphatic heterocycles. The van der Waals surface area contributed by atoms with Crippen LogP contribution < -0.4 is 10.6 Å². The van der Waals surface area contributed by atoms with Crippen molar-refractivity contribution in [2.45, 2.75) is 50.5 Å². The van der Waals surface area contributed by atoms with Crippen LogP contribution in [0.5, 0.6) is 0 Å². The van der Waals surface area contributed by atoms with Gasteiger partial charge in [-0.3, -0.25) is 9.89 Å². The van der Waals surface area contributed by atoms with E-state index in [9.17, 15) is 0 Å². The molecular formula is C19H36N4OS. The topological polar surface area (TPSA) is 48.9 Å². The largest absolute Gasteiger partial charge is 0.379 e. The predicted octanol–water partition coefficient (Wildman–Crippen LogP) is 2.33. The lowest BCUT2D eigenvalue weighted by molar-refractivity contribution is -0.0352. The van der Waals surface area contributed by atoms with Gasteiger partial charge in [0.05, 0.1) is 13.2 Å². The molecule has 3 fully saturated rings. The van der Waals surface area contributed by atoms with Gasteiger partial charge in [-0.15, -0.1) is 0 Å². The van der Waals surface area contributed by atoms with Crippen molar-refractivity contribution in [1.29, 1.82) is 0 Å². The highest BCUT2D eigenvalue weighted by Gasteiger charge is 2.38. The average Bonchev–Trinajstić information content (AvgIpc) is 2.70. The SMILES string of the molecule is CN=C(NCC1CCSCC1)NCC1(N2CCOCC2)CCCCC1. The molecule has 0 spiro atoms. The van der Waals surface area contributed by atoms with Gasteiger partial charge in [0.1, 0.15) is 0 Å². The number of hydrogen-bond acceptors (Lipinski definition) is 4. The molecular weight excluding hydrogens is 332 g/mol. The van der Waals surface area contributed by atoms with Gasteiger partial charge in [-0.1, -0.05) is 19.3 Å². The van der Waals surface area contributed by atoms with Crippen LogP contribution in [-0.4, -0.2) is 74.3 Å². The highest BCUT2D eigenvalue weighted by atomic mass is 32.2. The number of nitrogens with zero attached hydrogens (tertiary/aromatic N) is 2. The van der Waals surface area contributed by atoms with Crippen LogP contribution in [0.1, 0.15) is 44.9 Å². The van der Waals surface area contributed by atoms with Crippen LogP contribution in [0.4, 0.5) is 0 Å². The Morgan fingerprint density at radius 2 is 1.84 bits per heavy atom. The fraction of sp³-hybridized carbons (Fsp3) is 0.947. The highest BCUT2D eigenvalue weighted by molar-refractivity contribution is 7.99. The second kappa shape index (κ2) is 10.0. The zero-order chi connectivity index (χ0) is 17.4. The molecule has 3 aliphatic rings. The van der Waals surface area contributed by atoms with Gasteiger partial charge in [0.15, 0.2) is 5.96 Å². The average molecular weight is 369 g/mol. The zero-order valence-corrected chi connectivity index (χ0v) is 16.7. The Hall–Kier alpha value is -0.460. The molecule has 2 heterocycles. The van der Waals surface area contributed by atoms with E-state index >= 15 is 0 Å². The molecule has 5 nitrogen and oxygen atoms in total. The van der Waals surface area contributed by atoms with Gasteiger partial charge in [0, 0.05) is 38.8 Å². The van der Waals surface area contributed by atoms with E-state index in [1.165, 1.54) is 56.5 Å². The normalized spacial score (nSPS) is 26.4. The summed E-state index contributed by atoms with van der Waals surface area (Å²) in [6.45, 7) is 5.99. The van der Waals surface area contributed by atoms with Crippen LogP contribution in [-0.2, 0) is 4.74 Å². The number of guanidine groups is 1. The van der Waals surface area contributed by atoms with Gasteiger partial charge < -0.3 is 15.4 Å². The Morgan fingerprint density at radius 1 is 1.12 bits per heavy atom. The van der Waals surface area contributed by atoms with E-state index < -0.39 is 0 Å². The third-order valence-corrected chi connectivity index (χ3v) is 7.22. The summed E-state index contributed by atoms with van der Waals surface area (Å²) in [6, 6.07) is 0. The lowest BCUT2D eigenvalue weighted by Gasteiger charge is -2.48. The third-order valence-electron chi connectivity index (χ3n) is 6.17. The van der Waals surface area contributed by atoms with Crippen LogP contribution in [0.2, 0.25) is 0 Å². The molecule has 144 valence electrons. The standard InChI is InChI=1S/C19H36N4OS/c1-20-18(21-15-17-5-13-25-14-6-17)22-16-19(7-3-2-4-8-19)23-9-11-24-12-10-23/h17H,2-16H2,1H3,(H2,20,21,22). The molecule has 2 N–H and O–H groups in total.